The molecule has 28 heavy (non-hydrogen) atoms. The number of nitrogens with one attached hydrogen (secondary N) is 1. The molecular formula is C20H25N5OS2. The number of nitrogens with zero attached hydrogens (tertiary/aromatic N) is 4. The first-order chi connectivity index (χ1) is 13.4. The monoisotopic (exact) mass is 415 g/mol. The van der Waals surface area contributed by atoms with Crippen LogP contribution >= 0.6 is 23.1 Å². The van der Waals surface area contributed by atoms with E-state index in [1.165, 1.54) is 16.6 Å². The van der Waals surface area contributed by atoms with Gasteiger partial charge in [0.1, 0.15) is 16.9 Å². The summed E-state index contributed by atoms with van der Waals surface area (Å²) >= 11 is 2.90. The van der Waals surface area contributed by atoms with Crippen LogP contribution in [0.1, 0.15) is 54.9 Å². The molecule has 0 saturated heterocycles. The molecule has 0 fully saturated rings. The molecule has 1 aliphatic carbocycles. The van der Waals surface area contributed by atoms with E-state index >= 15 is 0 Å². The maximum Gasteiger partial charge on any atom is 0.235 e. The number of allylic oxidation sites excluding steroid dienone is 1. The van der Waals surface area contributed by atoms with Crippen molar-refractivity contribution in [3.8, 4) is 6.07 Å². The number of aromatic nitrogens is 3. The minimum absolute atomic E-state index is 0.132. The first kappa shape index (κ1) is 20.6. The number of amides is 1. The maximum atomic E-state index is 12.5. The van der Waals surface area contributed by atoms with Crippen molar-refractivity contribution in [1.82, 2.24) is 14.8 Å². The van der Waals surface area contributed by atoms with Gasteiger partial charge < -0.3 is 9.88 Å². The summed E-state index contributed by atoms with van der Waals surface area (Å²) in [7, 11) is 0. The van der Waals surface area contributed by atoms with Crippen LogP contribution in [0.25, 0.3) is 0 Å². The minimum atomic E-state index is -0.132. The Morgan fingerprint density at radius 1 is 1.54 bits per heavy atom. The highest BCUT2D eigenvalue weighted by molar-refractivity contribution is 7.99. The van der Waals surface area contributed by atoms with E-state index in [2.05, 4.69) is 48.9 Å². The number of hydrogen-bond donors (Lipinski definition) is 1. The van der Waals surface area contributed by atoms with E-state index in [1.807, 2.05) is 4.57 Å². The van der Waals surface area contributed by atoms with Crippen LogP contribution in [-0.2, 0) is 24.2 Å². The smallest absolute Gasteiger partial charge is 0.235 e. The average Bonchev–Trinajstić information content (AvgIpc) is 3.20. The zero-order valence-electron chi connectivity index (χ0n) is 16.5. The molecule has 0 bridgehead atoms. The van der Waals surface area contributed by atoms with E-state index in [-0.39, 0.29) is 17.6 Å². The molecule has 148 valence electrons. The molecule has 0 spiro atoms. The molecule has 1 aliphatic rings. The fraction of sp³-hybridized carbons (Fsp3) is 0.500. The third kappa shape index (κ3) is 4.31. The molecule has 8 heteroatoms. The Hall–Kier alpha value is -2.11. The summed E-state index contributed by atoms with van der Waals surface area (Å²) in [5.74, 6) is 1.84. The van der Waals surface area contributed by atoms with Crippen LogP contribution in [0.4, 0.5) is 5.00 Å². The lowest BCUT2D eigenvalue weighted by molar-refractivity contribution is -0.113. The van der Waals surface area contributed by atoms with Crippen LogP contribution in [0, 0.1) is 17.2 Å². The number of carbonyl (C=O) groups is 1. The molecule has 0 aromatic carbocycles. The number of thioether (sulfide) groups is 1. The van der Waals surface area contributed by atoms with E-state index < -0.39 is 0 Å². The van der Waals surface area contributed by atoms with Crippen LogP contribution in [-0.4, -0.2) is 26.4 Å². The summed E-state index contributed by atoms with van der Waals surface area (Å²) in [4.78, 5) is 13.8. The van der Waals surface area contributed by atoms with Crippen molar-refractivity contribution in [2.24, 2.45) is 5.92 Å². The van der Waals surface area contributed by atoms with Crippen molar-refractivity contribution in [1.29, 1.82) is 5.26 Å². The van der Waals surface area contributed by atoms with Crippen molar-refractivity contribution < 1.29 is 4.79 Å². The molecule has 3 rings (SSSR count). The topological polar surface area (TPSA) is 83.6 Å². The van der Waals surface area contributed by atoms with Gasteiger partial charge in [-0.25, -0.2) is 0 Å². The van der Waals surface area contributed by atoms with E-state index in [4.69, 9.17) is 0 Å². The first-order valence-corrected chi connectivity index (χ1v) is 11.3. The van der Waals surface area contributed by atoms with Gasteiger partial charge in [0.2, 0.25) is 5.91 Å². The van der Waals surface area contributed by atoms with Gasteiger partial charge in [-0.3, -0.25) is 4.79 Å². The number of thiophene rings is 1. The molecule has 1 unspecified atom stereocenters. The fourth-order valence-electron chi connectivity index (χ4n) is 3.38. The lowest BCUT2D eigenvalue weighted by Gasteiger charge is -2.17. The van der Waals surface area contributed by atoms with Gasteiger partial charge in [0, 0.05) is 17.3 Å². The quantitative estimate of drug-likeness (QED) is 0.536. The molecule has 0 saturated carbocycles. The summed E-state index contributed by atoms with van der Waals surface area (Å²) in [6.45, 7) is 10.8. The fourth-order valence-corrected chi connectivity index (χ4v) is 5.52. The predicted molar refractivity (Wildman–Crippen MR) is 114 cm³/mol. The second-order valence-corrected chi connectivity index (χ2v) is 9.45. The van der Waals surface area contributed by atoms with Crippen LogP contribution in [0.15, 0.2) is 17.8 Å². The highest BCUT2D eigenvalue weighted by Crippen LogP contribution is 2.39. The van der Waals surface area contributed by atoms with E-state index in [0.29, 0.717) is 28.2 Å². The van der Waals surface area contributed by atoms with Crippen LogP contribution < -0.4 is 5.32 Å². The molecule has 0 radical (unpaired) electrons. The van der Waals surface area contributed by atoms with Crippen molar-refractivity contribution >= 4 is 34.0 Å². The second-order valence-electron chi connectivity index (χ2n) is 7.40. The van der Waals surface area contributed by atoms with Gasteiger partial charge >= 0.3 is 0 Å². The summed E-state index contributed by atoms with van der Waals surface area (Å²) < 4.78 is 1.99. The molecule has 2 aromatic heterocycles. The normalized spacial score (nSPS) is 15.9. The van der Waals surface area contributed by atoms with Crippen LogP contribution in [0.5, 0.6) is 0 Å². The van der Waals surface area contributed by atoms with Crippen molar-refractivity contribution in [3.63, 3.8) is 0 Å². The zero-order chi connectivity index (χ0) is 20.3. The van der Waals surface area contributed by atoms with Crippen LogP contribution in [0.3, 0.4) is 0 Å². The Labute approximate surface area is 174 Å². The number of nitriles is 1. The Balaban J connectivity index is 1.69. The van der Waals surface area contributed by atoms with Gasteiger partial charge in [0.15, 0.2) is 5.16 Å². The van der Waals surface area contributed by atoms with Crippen molar-refractivity contribution in [2.45, 2.75) is 57.7 Å². The number of hydrogen-bond acceptors (Lipinski definition) is 6. The van der Waals surface area contributed by atoms with Gasteiger partial charge in [-0.15, -0.1) is 28.1 Å². The van der Waals surface area contributed by atoms with Crippen molar-refractivity contribution in [3.05, 3.63) is 34.5 Å². The highest BCUT2D eigenvalue weighted by atomic mass is 32.2. The first-order valence-electron chi connectivity index (χ1n) is 9.45. The predicted octanol–water partition coefficient (Wildman–Crippen LogP) is 4.38. The number of carbonyl (C=O) groups excluding carboxylic acids is 1. The number of anilines is 1. The summed E-state index contributed by atoms with van der Waals surface area (Å²) in [6, 6.07) is 2.29. The van der Waals surface area contributed by atoms with E-state index in [9.17, 15) is 10.1 Å². The third-order valence-electron chi connectivity index (χ3n) is 4.78. The number of fused-ring (bicyclic) bond motifs is 1. The SMILES string of the molecule is C=CCn1c(SCC(=O)Nc2sc3c(c2C#N)CCC(C)C3)nnc1C(C)C. The van der Waals surface area contributed by atoms with Crippen LogP contribution in [0.2, 0.25) is 0 Å². The molecule has 2 heterocycles. The van der Waals surface area contributed by atoms with Crippen molar-refractivity contribution in [2.75, 3.05) is 11.1 Å². The van der Waals surface area contributed by atoms with E-state index in [0.717, 1.165) is 30.7 Å². The molecule has 1 N–H and O–H groups in total. The third-order valence-corrected chi connectivity index (χ3v) is 6.92. The average molecular weight is 416 g/mol. The summed E-state index contributed by atoms with van der Waals surface area (Å²) in [5.41, 5.74) is 1.77. The molecule has 6 nitrogen and oxygen atoms in total. The molecular weight excluding hydrogens is 390 g/mol. The Morgan fingerprint density at radius 3 is 3.00 bits per heavy atom. The Morgan fingerprint density at radius 2 is 2.32 bits per heavy atom. The van der Waals surface area contributed by atoms with Gasteiger partial charge in [-0.1, -0.05) is 38.6 Å². The Kier molecular flexibility index (Phi) is 6.57. The van der Waals surface area contributed by atoms with Gasteiger partial charge in [-0.2, -0.15) is 5.26 Å². The number of rotatable bonds is 7. The molecule has 2 aromatic rings. The summed E-state index contributed by atoms with van der Waals surface area (Å²) in [5, 5.41) is 22.4. The largest absolute Gasteiger partial charge is 0.316 e. The molecule has 1 amide bonds. The maximum absolute atomic E-state index is 12.5. The second kappa shape index (κ2) is 8.93. The van der Waals surface area contributed by atoms with E-state index in [1.54, 1.807) is 17.4 Å². The standard InChI is InChI=1S/C20H25N5OS2/c1-5-8-25-18(12(2)3)23-24-20(25)27-11-17(26)22-19-15(10-21)14-7-6-13(4)9-16(14)28-19/h5,12-13H,1,6-9,11H2,2-4H3,(H,22,26). The molecule has 0 aliphatic heterocycles. The summed E-state index contributed by atoms with van der Waals surface area (Å²) in [6.07, 6.45) is 4.81. The van der Waals surface area contributed by atoms with Gasteiger partial charge in [0.25, 0.3) is 0 Å². The Bertz CT molecular complexity index is 922. The van der Waals surface area contributed by atoms with Gasteiger partial charge in [-0.05, 0) is 30.7 Å². The highest BCUT2D eigenvalue weighted by Gasteiger charge is 2.25. The lowest BCUT2D eigenvalue weighted by Crippen LogP contribution is -2.15. The molecule has 1 atom stereocenters. The minimum Gasteiger partial charge on any atom is -0.316 e. The lowest BCUT2D eigenvalue weighted by atomic mass is 9.89. The zero-order valence-corrected chi connectivity index (χ0v) is 18.1. The van der Waals surface area contributed by atoms with Gasteiger partial charge in [0.05, 0.1) is 11.3 Å².